The van der Waals surface area contributed by atoms with Crippen molar-refractivity contribution < 1.29 is 13.9 Å². The molecule has 0 aromatic heterocycles. The highest BCUT2D eigenvalue weighted by Gasteiger charge is 2.56. The number of nitrogens with one attached hydrogen (secondary N) is 3. The minimum Gasteiger partial charge on any atom is -0.497 e. The van der Waals surface area contributed by atoms with Crippen molar-refractivity contribution in [2.45, 2.75) is 59.0 Å². The molecular weight excluding hydrogens is 505 g/mol. The Bertz CT molecular complexity index is 1230. The van der Waals surface area contributed by atoms with E-state index in [9.17, 15) is 9.18 Å². The van der Waals surface area contributed by atoms with Crippen molar-refractivity contribution in [3.63, 3.8) is 0 Å². The monoisotopic (exact) mass is 549 g/mol. The molecule has 2 bridgehead atoms. The van der Waals surface area contributed by atoms with E-state index in [1.54, 1.807) is 12.1 Å². The molecule has 3 aliphatic carbocycles. The molecule has 1 unspecified atom stereocenters. The van der Waals surface area contributed by atoms with E-state index in [0.29, 0.717) is 53.9 Å². The zero-order valence-corrected chi connectivity index (χ0v) is 24.5. The van der Waals surface area contributed by atoms with Gasteiger partial charge in [-0.15, -0.1) is 0 Å². The van der Waals surface area contributed by atoms with Crippen LogP contribution in [0.4, 0.5) is 10.1 Å². The smallest absolute Gasteiger partial charge is 0.251 e. The second-order valence-electron chi connectivity index (χ2n) is 12.3. The van der Waals surface area contributed by atoms with Crippen LogP contribution >= 0.6 is 0 Å². The third-order valence-electron chi connectivity index (χ3n) is 9.72. The molecule has 3 N–H and O–H groups in total. The average Bonchev–Trinajstić information content (AvgIpc) is 2.94. The summed E-state index contributed by atoms with van der Waals surface area (Å²) in [4.78, 5) is 20.3. The minimum absolute atomic E-state index is 0.173. The number of aliphatic imine (C=N–C) groups is 1. The number of hydrogen-bond donors (Lipinski definition) is 3. The van der Waals surface area contributed by atoms with Crippen LogP contribution < -0.4 is 20.7 Å². The zero-order chi connectivity index (χ0) is 28.4. The molecule has 1 amide bonds. The minimum atomic E-state index is -0.329. The van der Waals surface area contributed by atoms with Crippen LogP contribution in [0.3, 0.4) is 0 Å². The van der Waals surface area contributed by atoms with Crippen LogP contribution in [0.25, 0.3) is 0 Å². The van der Waals surface area contributed by atoms with E-state index in [1.807, 2.05) is 24.3 Å². The number of anilines is 1. The summed E-state index contributed by atoms with van der Waals surface area (Å²) in [5.74, 6) is 3.32. The van der Waals surface area contributed by atoms with Crippen LogP contribution in [0.5, 0.6) is 5.75 Å². The summed E-state index contributed by atoms with van der Waals surface area (Å²) in [5, 5.41) is 9.99. The predicted octanol–water partition coefficient (Wildman–Crippen LogP) is 4.94. The largest absolute Gasteiger partial charge is 0.497 e. The molecule has 1 heterocycles. The molecule has 7 nitrogen and oxygen atoms in total. The van der Waals surface area contributed by atoms with Gasteiger partial charge in [0.05, 0.1) is 25.9 Å². The highest BCUT2D eigenvalue weighted by atomic mass is 19.1. The Labute approximate surface area is 238 Å². The first-order chi connectivity index (χ1) is 19.2. The van der Waals surface area contributed by atoms with Gasteiger partial charge < -0.3 is 25.6 Å². The van der Waals surface area contributed by atoms with E-state index < -0.39 is 0 Å². The van der Waals surface area contributed by atoms with E-state index in [2.05, 4.69) is 48.5 Å². The number of benzene rings is 2. The van der Waals surface area contributed by atoms with Gasteiger partial charge in [-0.2, -0.15) is 0 Å². The number of carbonyl (C=O) groups is 1. The van der Waals surface area contributed by atoms with Crippen molar-refractivity contribution in [2.75, 3.05) is 38.7 Å². The molecule has 8 heteroatoms. The van der Waals surface area contributed by atoms with E-state index in [4.69, 9.17) is 9.73 Å². The topological polar surface area (TPSA) is 78.0 Å². The number of rotatable bonds is 9. The second-order valence-corrected chi connectivity index (χ2v) is 12.3. The van der Waals surface area contributed by atoms with Crippen molar-refractivity contribution >= 4 is 17.4 Å². The summed E-state index contributed by atoms with van der Waals surface area (Å²) in [6.07, 6.45) is 2.97. The number of fused-ring (bicyclic) bond motifs is 2. The molecule has 5 atom stereocenters. The molecule has 2 aromatic carbocycles. The first kappa shape index (κ1) is 28.4. The van der Waals surface area contributed by atoms with Gasteiger partial charge in [0, 0.05) is 37.0 Å². The van der Waals surface area contributed by atoms with Crippen molar-refractivity contribution in [1.82, 2.24) is 15.5 Å². The van der Waals surface area contributed by atoms with Gasteiger partial charge in [-0.25, -0.2) is 4.39 Å². The molecule has 4 aliphatic rings. The third-order valence-corrected chi connectivity index (χ3v) is 9.72. The van der Waals surface area contributed by atoms with Gasteiger partial charge in [0.15, 0.2) is 0 Å². The number of carbonyl (C=O) groups excluding carboxylic acids is 1. The quantitative estimate of drug-likeness (QED) is 0.413. The summed E-state index contributed by atoms with van der Waals surface area (Å²) in [6.45, 7) is 12.3. The number of hydrogen-bond acceptors (Lipinski definition) is 5. The summed E-state index contributed by atoms with van der Waals surface area (Å²) < 4.78 is 19.2. The summed E-state index contributed by atoms with van der Waals surface area (Å²) in [7, 11) is 1.51. The predicted molar refractivity (Wildman–Crippen MR) is 158 cm³/mol. The lowest BCUT2D eigenvalue weighted by atomic mass is 9.45. The van der Waals surface area contributed by atoms with Gasteiger partial charge in [0.2, 0.25) is 0 Å². The fourth-order valence-electron chi connectivity index (χ4n) is 6.91. The fraction of sp³-hybridized carbons (Fsp3) is 0.562. The van der Waals surface area contributed by atoms with E-state index in [0.717, 1.165) is 36.4 Å². The Balaban J connectivity index is 1.14. The maximum atomic E-state index is 14.1. The third kappa shape index (κ3) is 5.82. The van der Waals surface area contributed by atoms with Crippen LogP contribution in [0.1, 0.15) is 56.5 Å². The second kappa shape index (κ2) is 11.8. The number of amidine groups is 1. The van der Waals surface area contributed by atoms with Gasteiger partial charge in [0.1, 0.15) is 17.4 Å². The molecule has 216 valence electrons. The maximum Gasteiger partial charge on any atom is 0.251 e. The molecule has 0 spiro atoms. The standard InChI is InChI=1S/C32H44FN5O2/c1-20-27-16-24(32(27,3)4)17-29(20)37-30-21(2)34-14-15-38(30)19-36-25-9-6-23(7-10-25)31(39)35-13-12-22-8-11-26(40-5)18-28(22)33/h6-11,18,20-21,24,27,29,34,36H,12-17,19H2,1-5H3,(H,35,39)/t20-,21-,24-,27+,29?/m0/s1. The first-order valence-electron chi connectivity index (χ1n) is 14.7. The number of nitrogens with zero attached hydrogens (tertiary/aromatic N) is 2. The molecule has 6 rings (SSSR count). The van der Waals surface area contributed by atoms with E-state index >= 15 is 0 Å². The zero-order valence-electron chi connectivity index (χ0n) is 24.5. The van der Waals surface area contributed by atoms with Gasteiger partial charge in [-0.1, -0.05) is 26.8 Å². The average molecular weight is 550 g/mol. The molecular formula is C32H44FN5O2. The fourth-order valence-corrected chi connectivity index (χ4v) is 6.91. The SMILES string of the molecule is COc1ccc(CCNC(=O)c2ccc(NCN3CCN[C@@H](C)C3=NC3C[C@@H]4C[C@H]([C@@H]3C)C4(C)C)cc2)c(F)c1. The van der Waals surface area contributed by atoms with Crippen LogP contribution in [0.2, 0.25) is 0 Å². The molecule has 0 radical (unpaired) electrons. The van der Waals surface area contributed by atoms with Crippen molar-refractivity contribution in [3.05, 3.63) is 59.4 Å². The van der Waals surface area contributed by atoms with Crippen molar-refractivity contribution in [2.24, 2.45) is 28.2 Å². The summed E-state index contributed by atoms with van der Waals surface area (Å²) in [6, 6.07) is 12.9. The van der Waals surface area contributed by atoms with E-state index in [-0.39, 0.29) is 17.8 Å². The molecule has 2 aromatic rings. The molecule has 3 saturated carbocycles. The normalized spacial score (nSPS) is 28.1. The van der Waals surface area contributed by atoms with Gasteiger partial charge in [0.25, 0.3) is 5.91 Å². The lowest BCUT2D eigenvalue weighted by Crippen LogP contribution is -2.58. The van der Waals surface area contributed by atoms with Crippen LogP contribution in [-0.2, 0) is 6.42 Å². The van der Waals surface area contributed by atoms with Gasteiger partial charge >= 0.3 is 0 Å². The Morgan fingerprint density at radius 3 is 2.62 bits per heavy atom. The number of methoxy groups -OCH3 is 1. The lowest BCUT2D eigenvalue weighted by Gasteiger charge is -2.61. The molecule has 4 fully saturated rings. The summed E-state index contributed by atoms with van der Waals surface area (Å²) >= 11 is 0. The van der Waals surface area contributed by atoms with Crippen LogP contribution in [0, 0.1) is 29.0 Å². The van der Waals surface area contributed by atoms with Gasteiger partial charge in [-0.05, 0) is 85.3 Å². The number of ether oxygens (including phenoxy) is 1. The van der Waals surface area contributed by atoms with Gasteiger partial charge in [-0.3, -0.25) is 9.79 Å². The molecule has 1 saturated heterocycles. The van der Waals surface area contributed by atoms with Crippen LogP contribution in [0.15, 0.2) is 47.5 Å². The Kier molecular flexibility index (Phi) is 8.36. The highest BCUT2D eigenvalue weighted by molar-refractivity contribution is 5.94. The lowest BCUT2D eigenvalue weighted by molar-refractivity contribution is -0.108. The Hall–Kier alpha value is -3.13. The van der Waals surface area contributed by atoms with Crippen LogP contribution in [-0.4, -0.2) is 62.1 Å². The molecule has 1 aliphatic heterocycles. The summed E-state index contributed by atoms with van der Waals surface area (Å²) in [5.41, 5.74) is 2.54. The first-order valence-corrected chi connectivity index (χ1v) is 14.7. The number of amides is 1. The maximum absolute atomic E-state index is 14.1. The Morgan fingerprint density at radius 1 is 1.18 bits per heavy atom. The number of piperazine rings is 1. The van der Waals surface area contributed by atoms with E-state index in [1.165, 1.54) is 26.0 Å². The Morgan fingerprint density at radius 2 is 1.95 bits per heavy atom. The highest BCUT2D eigenvalue weighted by Crippen LogP contribution is 2.61. The number of halogens is 1. The van der Waals surface area contributed by atoms with Crippen molar-refractivity contribution in [3.8, 4) is 5.75 Å². The molecule has 40 heavy (non-hydrogen) atoms. The van der Waals surface area contributed by atoms with Crippen molar-refractivity contribution in [1.29, 1.82) is 0 Å².